The van der Waals surface area contributed by atoms with Crippen molar-refractivity contribution in [1.82, 2.24) is 10.2 Å². The number of ether oxygens (including phenoxy) is 1. The van der Waals surface area contributed by atoms with Gasteiger partial charge in [-0.15, -0.1) is 5.10 Å². The van der Waals surface area contributed by atoms with Crippen LogP contribution in [0.15, 0.2) is 12.3 Å². The Morgan fingerprint density at radius 1 is 1.62 bits per heavy atom. The zero-order valence-electron chi connectivity index (χ0n) is 7.46. The summed E-state index contributed by atoms with van der Waals surface area (Å²) in [7, 11) is 0. The van der Waals surface area contributed by atoms with Crippen molar-refractivity contribution in [2.75, 3.05) is 25.1 Å². The third kappa shape index (κ3) is 4.05. The topological polar surface area (TPSA) is 47.0 Å². The van der Waals surface area contributed by atoms with E-state index in [0.29, 0.717) is 11.8 Å². The van der Waals surface area contributed by atoms with Crippen molar-refractivity contribution in [3.05, 3.63) is 17.4 Å². The monoisotopic (exact) mass is 201 g/mol. The van der Waals surface area contributed by atoms with E-state index < -0.39 is 0 Å². The Bertz CT molecular complexity index is 257. The molecular weight excluding hydrogens is 190 g/mol. The van der Waals surface area contributed by atoms with E-state index in [4.69, 9.17) is 16.3 Å². The molecule has 0 saturated heterocycles. The van der Waals surface area contributed by atoms with Gasteiger partial charge >= 0.3 is 0 Å². The minimum Gasteiger partial charge on any atom is -0.381 e. The van der Waals surface area contributed by atoms with Crippen molar-refractivity contribution in [2.24, 2.45) is 0 Å². The highest BCUT2D eigenvalue weighted by molar-refractivity contribution is 6.29. The van der Waals surface area contributed by atoms with Gasteiger partial charge < -0.3 is 10.1 Å². The van der Waals surface area contributed by atoms with Crippen molar-refractivity contribution < 1.29 is 4.74 Å². The molecule has 1 aromatic rings. The fourth-order valence-corrected chi connectivity index (χ4v) is 1.01. The molecule has 0 aliphatic rings. The number of anilines is 1. The first kappa shape index (κ1) is 10.2. The summed E-state index contributed by atoms with van der Waals surface area (Å²) in [6.07, 6.45) is 1.62. The normalized spacial score (nSPS) is 10.0. The van der Waals surface area contributed by atoms with Gasteiger partial charge in [-0.25, -0.2) is 0 Å². The molecule has 0 unspecified atom stereocenters. The summed E-state index contributed by atoms with van der Waals surface area (Å²) in [5.41, 5.74) is 0.861. The number of halogens is 1. The zero-order chi connectivity index (χ0) is 9.52. The first-order valence-corrected chi connectivity index (χ1v) is 4.50. The van der Waals surface area contributed by atoms with Gasteiger partial charge in [0.15, 0.2) is 5.15 Å². The van der Waals surface area contributed by atoms with Crippen molar-refractivity contribution in [3.8, 4) is 0 Å². The van der Waals surface area contributed by atoms with Crippen LogP contribution in [-0.2, 0) is 4.74 Å². The summed E-state index contributed by atoms with van der Waals surface area (Å²) in [5.74, 6) is 0. The molecule has 0 bridgehead atoms. The van der Waals surface area contributed by atoms with Crippen LogP contribution in [0.4, 0.5) is 5.69 Å². The summed E-state index contributed by atoms with van der Waals surface area (Å²) in [6.45, 7) is 4.12. The molecule has 0 spiro atoms. The molecule has 13 heavy (non-hydrogen) atoms. The molecule has 0 aliphatic heterocycles. The summed E-state index contributed by atoms with van der Waals surface area (Å²) >= 11 is 5.64. The number of aromatic nitrogens is 2. The van der Waals surface area contributed by atoms with Crippen molar-refractivity contribution >= 4 is 17.3 Å². The van der Waals surface area contributed by atoms with E-state index in [-0.39, 0.29) is 0 Å². The minimum atomic E-state index is 0.390. The second kappa shape index (κ2) is 5.72. The van der Waals surface area contributed by atoms with E-state index in [9.17, 15) is 0 Å². The number of nitrogens with zero attached hydrogens (tertiary/aromatic N) is 2. The zero-order valence-corrected chi connectivity index (χ0v) is 8.21. The highest BCUT2D eigenvalue weighted by Gasteiger charge is 1.94. The van der Waals surface area contributed by atoms with Gasteiger partial charge in [-0.1, -0.05) is 11.6 Å². The molecule has 4 nitrogen and oxygen atoms in total. The molecular formula is C8H12ClN3O. The smallest absolute Gasteiger partial charge is 0.153 e. The molecule has 0 amide bonds. The Hall–Kier alpha value is -0.870. The van der Waals surface area contributed by atoms with Crippen LogP contribution < -0.4 is 5.32 Å². The maximum absolute atomic E-state index is 5.64. The fourth-order valence-electron chi connectivity index (χ4n) is 0.849. The second-order valence-electron chi connectivity index (χ2n) is 2.39. The Morgan fingerprint density at radius 2 is 2.46 bits per heavy atom. The van der Waals surface area contributed by atoms with E-state index in [0.717, 1.165) is 18.8 Å². The van der Waals surface area contributed by atoms with Crippen LogP contribution in [0.25, 0.3) is 0 Å². The lowest BCUT2D eigenvalue weighted by Gasteiger charge is -2.04. The maximum Gasteiger partial charge on any atom is 0.153 e. The first-order valence-electron chi connectivity index (χ1n) is 4.12. The Balaban J connectivity index is 2.28. The Kier molecular flexibility index (Phi) is 4.49. The summed E-state index contributed by atoms with van der Waals surface area (Å²) in [4.78, 5) is 0. The quantitative estimate of drug-likeness (QED) is 0.735. The highest BCUT2D eigenvalue weighted by atomic mass is 35.5. The van der Waals surface area contributed by atoms with Crippen LogP contribution in [0.3, 0.4) is 0 Å². The summed E-state index contributed by atoms with van der Waals surface area (Å²) in [5, 5.41) is 10.8. The van der Waals surface area contributed by atoms with E-state index in [1.165, 1.54) is 0 Å². The lowest BCUT2D eigenvalue weighted by Crippen LogP contribution is -2.09. The number of hydrogen-bond donors (Lipinski definition) is 1. The number of rotatable bonds is 5. The molecule has 0 aliphatic carbocycles. The summed E-state index contributed by atoms with van der Waals surface area (Å²) in [6, 6.07) is 1.72. The van der Waals surface area contributed by atoms with Crippen molar-refractivity contribution in [2.45, 2.75) is 6.92 Å². The SMILES string of the molecule is CCOCCNc1cnnc(Cl)c1. The van der Waals surface area contributed by atoms with Gasteiger partial charge in [0.1, 0.15) is 0 Å². The molecule has 0 fully saturated rings. The Morgan fingerprint density at radius 3 is 3.15 bits per heavy atom. The van der Waals surface area contributed by atoms with E-state index >= 15 is 0 Å². The van der Waals surface area contributed by atoms with Gasteiger partial charge in [-0.05, 0) is 6.92 Å². The summed E-state index contributed by atoms with van der Waals surface area (Å²) < 4.78 is 5.15. The molecule has 0 saturated carbocycles. The predicted molar refractivity (Wildman–Crippen MR) is 52.0 cm³/mol. The van der Waals surface area contributed by atoms with Crippen LogP contribution in [-0.4, -0.2) is 30.0 Å². The second-order valence-corrected chi connectivity index (χ2v) is 2.78. The average molecular weight is 202 g/mol. The van der Waals surface area contributed by atoms with Crippen LogP contribution in [0.2, 0.25) is 5.15 Å². The standard InChI is InChI=1S/C8H12ClN3O/c1-2-13-4-3-10-7-5-8(9)12-11-6-7/h5-6H,2-4H2,1H3,(H,10,12). The highest BCUT2D eigenvalue weighted by Crippen LogP contribution is 2.09. The molecule has 0 atom stereocenters. The van der Waals surface area contributed by atoms with Crippen LogP contribution in [0, 0.1) is 0 Å². The predicted octanol–water partition coefficient (Wildman–Crippen LogP) is 1.58. The molecule has 72 valence electrons. The van der Waals surface area contributed by atoms with Crippen LogP contribution in [0.1, 0.15) is 6.92 Å². The fraction of sp³-hybridized carbons (Fsp3) is 0.500. The molecule has 0 radical (unpaired) electrons. The Labute approximate surface area is 82.3 Å². The third-order valence-corrected chi connectivity index (χ3v) is 1.59. The van der Waals surface area contributed by atoms with Crippen LogP contribution in [0.5, 0.6) is 0 Å². The van der Waals surface area contributed by atoms with Crippen molar-refractivity contribution in [3.63, 3.8) is 0 Å². The lowest BCUT2D eigenvalue weighted by molar-refractivity contribution is 0.158. The van der Waals surface area contributed by atoms with Gasteiger partial charge in [0.2, 0.25) is 0 Å². The van der Waals surface area contributed by atoms with Crippen molar-refractivity contribution in [1.29, 1.82) is 0 Å². The van der Waals surface area contributed by atoms with E-state index in [2.05, 4.69) is 15.5 Å². The van der Waals surface area contributed by atoms with E-state index in [1.54, 1.807) is 12.3 Å². The van der Waals surface area contributed by atoms with Gasteiger partial charge in [0.25, 0.3) is 0 Å². The number of hydrogen-bond acceptors (Lipinski definition) is 4. The van der Waals surface area contributed by atoms with Gasteiger partial charge in [-0.3, -0.25) is 0 Å². The van der Waals surface area contributed by atoms with Crippen LogP contribution >= 0.6 is 11.6 Å². The molecule has 1 rings (SSSR count). The lowest BCUT2D eigenvalue weighted by atomic mass is 10.4. The van der Waals surface area contributed by atoms with Gasteiger partial charge in [-0.2, -0.15) is 5.10 Å². The van der Waals surface area contributed by atoms with Gasteiger partial charge in [0, 0.05) is 19.2 Å². The number of nitrogens with one attached hydrogen (secondary N) is 1. The molecule has 1 aromatic heterocycles. The molecule has 0 aromatic carbocycles. The average Bonchev–Trinajstić information content (AvgIpc) is 2.13. The molecule has 1 heterocycles. The third-order valence-electron chi connectivity index (χ3n) is 1.40. The first-order chi connectivity index (χ1) is 6.33. The van der Waals surface area contributed by atoms with E-state index in [1.807, 2.05) is 6.92 Å². The van der Waals surface area contributed by atoms with Gasteiger partial charge in [0.05, 0.1) is 18.5 Å². The maximum atomic E-state index is 5.64. The largest absolute Gasteiger partial charge is 0.381 e. The minimum absolute atomic E-state index is 0.390. The molecule has 5 heteroatoms. The molecule has 1 N–H and O–H groups in total.